The highest BCUT2D eigenvalue weighted by atomic mass is 79.9. The lowest BCUT2D eigenvalue weighted by molar-refractivity contribution is -0.900. The van der Waals surface area contributed by atoms with Crippen LogP contribution in [-0.2, 0) is 11.3 Å². The molecule has 1 saturated heterocycles. The van der Waals surface area contributed by atoms with Gasteiger partial charge in [0.15, 0.2) is 6.67 Å². The van der Waals surface area contributed by atoms with Gasteiger partial charge in [-0.3, -0.25) is 4.79 Å². The monoisotopic (exact) mass is 386 g/mol. The molecular weight excluding hydrogens is 366 g/mol. The van der Waals surface area contributed by atoms with Crippen LogP contribution < -0.4 is 10.2 Å². The van der Waals surface area contributed by atoms with Gasteiger partial charge in [0.2, 0.25) is 0 Å². The van der Waals surface area contributed by atoms with Gasteiger partial charge in [0.25, 0.3) is 5.91 Å². The Labute approximate surface area is 142 Å². The molecule has 1 spiro atoms. The lowest BCUT2D eigenvalue weighted by Crippen LogP contribution is -3.09. The molecule has 3 rings (SSSR count). The number of halogens is 1. The fourth-order valence-corrected chi connectivity index (χ4v) is 4.98. The molecule has 22 heavy (non-hydrogen) atoms. The molecule has 1 aromatic heterocycles. The van der Waals surface area contributed by atoms with Gasteiger partial charge in [-0.05, 0) is 40.9 Å². The summed E-state index contributed by atoms with van der Waals surface area (Å²) in [4.78, 5) is 28.7. The van der Waals surface area contributed by atoms with Gasteiger partial charge < -0.3 is 10.2 Å². The second-order valence-electron chi connectivity index (χ2n) is 6.30. The molecule has 2 N–H and O–H groups in total. The smallest absolute Gasteiger partial charge is 0.323 e. The van der Waals surface area contributed by atoms with Gasteiger partial charge in [0.1, 0.15) is 12.1 Å². The van der Waals surface area contributed by atoms with Crippen LogP contribution in [-0.4, -0.2) is 36.1 Å². The first-order valence-electron chi connectivity index (χ1n) is 7.70. The van der Waals surface area contributed by atoms with Gasteiger partial charge in [0.05, 0.1) is 15.7 Å². The normalized spacial score (nSPS) is 22.2. The molecule has 1 unspecified atom stereocenters. The molecule has 5 nitrogen and oxygen atoms in total. The van der Waals surface area contributed by atoms with Crippen LogP contribution in [0.3, 0.4) is 0 Å². The number of imide groups is 1. The second-order valence-corrected chi connectivity index (χ2v) is 8.85. The molecular formula is C15H21BrN3O2S+. The van der Waals surface area contributed by atoms with Gasteiger partial charge in [-0.1, -0.05) is 19.3 Å². The Morgan fingerprint density at radius 2 is 2.05 bits per heavy atom. The Morgan fingerprint density at radius 1 is 1.32 bits per heavy atom. The number of carbonyl (C=O) groups excluding carboxylic acids is 2. The molecule has 0 bridgehead atoms. The van der Waals surface area contributed by atoms with Crippen LogP contribution in [0.25, 0.3) is 0 Å². The molecule has 1 atom stereocenters. The highest BCUT2D eigenvalue weighted by Gasteiger charge is 2.52. The Kier molecular flexibility index (Phi) is 4.56. The maximum atomic E-state index is 12.7. The average molecular weight is 387 g/mol. The Hall–Kier alpha value is -0.920. The molecule has 1 aliphatic heterocycles. The van der Waals surface area contributed by atoms with E-state index in [0.717, 1.165) is 47.3 Å². The van der Waals surface area contributed by atoms with Crippen LogP contribution in [0.15, 0.2) is 15.9 Å². The number of rotatable bonds is 4. The zero-order chi connectivity index (χ0) is 15.7. The standard InChI is InChI=1S/C15H20BrN3O2S/c1-18(9-11-5-6-12(16)22-11)10-19-13(20)15(17-14(19)21)7-3-2-4-8-15/h5-6H,2-4,7-10H2,1H3,(H,17,21)/p+1. The molecule has 2 fully saturated rings. The number of hydrogen-bond acceptors (Lipinski definition) is 3. The first-order chi connectivity index (χ1) is 10.5. The van der Waals surface area contributed by atoms with E-state index >= 15 is 0 Å². The third kappa shape index (κ3) is 3.07. The molecule has 1 saturated carbocycles. The van der Waals surface area contributed by atoms with Crippen molar-refractivity contribution < 1.29 is 14.5 Å². The van der Waals surface area contributed by atoms with E-state index in [0.29, 0.717) is 6.67 Å². The number of amides is 3. The summed E-state index contributed by atoms with van der Waals surface area (Å²) in [6.45, 7) is 1.22. The molecule has 1 aliphatic carbocycles. The predicted octanol–water partition coefficient (Wildman–Crippen LogP) is 1.74. The summed E-state index contributed by atoms with van der Waals surface area (Å²) in [5.41, 5.74) is -0.610. The van der Waals surface area contributed by atoms with Crippen molar-refractivity contribution in [2.75, 3.05) is 13.7 Å². The lowest BCUT2D eigenvalue weighted by atomic mass is 9.82. The van der Waals surface area contributed by atoms with Crippen molar-refractivity contribution >= 4 is 39.2 Å². The third-order valence-electron chi connectivity index (χ3n) is 4.49. The first-order valence-corrected chi connectivity index (χ1v) is 9.31. The summed E-state index contributed by atoms with van der Waals surface area (Å²) in [7, 11) is 2.01. The average Bonchev–Trinajstić information content (AvgIpc) is 2.97. The zero-order valence-corrected chi connectivity index (χ0v) is 15.1. The second kappa shape index (κ2) is 6.29. The van der Waals surface area contributed by atoms with Crippen molar-refractivity contribution in [2.24, 2.45) is 0 Å². The van der Waals surface area contributed by atoms with Crippen molar-refractivity contribution in [1.82, 2.24) is 10.2 Å². The molecule has 3 amide bonds. The number of hydrogen-bond donors (Lipinski definition) is 2. The van der Waals surface area contributed by atoms with E-state index in [-0.39, 0.29) is 11.9 Å². The summed E-state index contributed by atoms with van der Waals surface area (Å²) in [6, 6.07) is 3.88. The number of nitrogens with one attached hydrogen (secondary N) is 2. The number of nitrogens with zero attached hydrogens (tertiary/aromatic N) is 1. The summed E-state index contributed by atoms with van der Waals surface area (Å²) in [6.07, 6.45) is 4.76. The SMILES string of the molecule is C[NH+](Cc1ccc(Br)s1)CN1C(=O)NC2(CCCCC2)C1=O. The number of carbonyl (C=O) groups is 2. The molecule has 0 aromatic carbocycles. The fourth-order valence-electron chi connectivity index (χ4n) is 3.38. The van der Waals surface area contributed by atoms with Crippen LogP contribution in [0.1, 0.15) is 37.0 Å². The Balaban J connectivity index is 1.64. The molecule has 7 heteroatoms. The van der Waals surface area contributed by atoms with E-state index in [4.69, 9.17) is 0 Å². The summed E-state index contributed by atoms with van der Waals surface area (Å²) < 4.78 is 1.10. The van der Waals surface area contributed by atoms with Crippen molar-refractivity contribution in [1.29, 1.82) is 0 Å². The molecule has 1 aromatic rings. The van der Waals surface area contributed by atoms with Crippen LogP contribution >= 0.6 is 27.3 Å². The summed E-state index contributed by atoms with van der Waals surface area (Å²) in [5, 5.41) is 2.96. The predicted molar refractivity (Wildman–Crippen MR) is 88.7 cm³/mol. The number of quaternary nitrogens is 1. The number of urea groups is 1. The minimum Gasteiger partial charge on any atom is -0.323 e. The van der Waals surface area contributed by atoms with E-state index in [1.165, 1.54) is 9.78 Å². The van der Waals surface area contributed by atoms with E-state index in [9.17, 15) is 9.59 Å². The van der Waals surface area contributed by atoms with Gasteiger partial charge >= 0.3 is 6.03 Å². The lowest BCUT2D eigenvalue weighted by Gasteiger charge is -2.30. The zero-order valence-electron chi connectivity index (χ0n) is 12.7. The molecule has 0 radical (unpaired) electrons. The molecule has 2 heterocycles. The quantitative estimate of drug-likeness (QED) is 0.774. The van der Waals surface area contributed by atoms with Gasteiger partial charge in [-0.25, -0.2) is 9.69 Å². The highest BCUT2D eigenvalue weighted by Crippen LogP contribution is 2.33. The maximum Gasteiger partial charge on any atom is 0.329 e. The largest absolute Gasteiger partial charge is 0.329 e. The fraction of sp³-hybridized carbons (Fsp3) is 0.600. The van der Waals surface area contributed by atoms with Crippen LogP contribution in [0.4, 0.5) is 4.79 Å². The van der Waals surface area contributed by atoms with Crippen LogP contribution in [0, 0.1) is 0 Å². The summed E-state index contributed by atoms with van der Waals surface area (Å²) >= 11 is 5.15. The van der Waals surface area contributed by atoms with E-state index in [1.807, 2.05) is 13.1 Å². The molecule has 2 aliphatic rings. The summed E-state index contributed by atoms with van der Waals surface area (Å²) in [5.74, 6) is -0.0242. The minimum atomic E-state index is -0.610. The van der Waals surface area contributed by atoms with Gasteiger partial charge in [0, 0.05) is 0 Å². The first kappa shape index (κ1) is 16.0. The van der Waals surface area contributed by atoms with Crippen molar-refractivity contribution in [3.05, 3.63) is 20.8 Å². The van der Waals surface area contributed by atoms with Crippen LogP contribution in [0.2, 0.25) is 0 Å². The van der Waals surface area contributed by atoms with Gasteiger partial charge in [-0.15, -0.1) is 11.3 Å². The van der Waals surface area contributed by atoms with Crippen LogP contribution in [0.5, 0.6) is 0 Å². The maximum absolute atomic E-state index is 12.7. The third-order valence-corrected chi connectivity index (χ3v) is 6.11. The van der Waals surface area contributed by atoms with E-state index in [2.05, 4.69) is 27.3 Å². The van der Waals surface area contributed by atoms with Crippen molar-refractivity contribution in [2.45, 2.75) is 44.2 Å². The van der Waals surface area contributed by atoms with E-state index < -0.39 is 5.54 Å². The minimum absolute atomic E-state index is 0.0242. The molecule has 120 valence electrons. The van der Waals surface area contributed by atoms with Crippen molar-refractivity contribution in [3.8, 4) is 0 Å². The number of thiophene rings is 1. The Bertz CT molecular complexity index is 583. The highest BCUT2D eigenvalue weighted by molar-refractivity contribution is 9.11. The topological polar surface area (TPSA) is 53.9 Å². The van der Waals surface area contributed by atoms with Crippen molar-refractivity contribution in [3.63, 3.8) is 0 Å². The van der Waals surface area contributed by atoms with E-state index in [1.54, 1.807) is 11.3 Å². The Morgan fingerprint density at radius 3 is 2.68 bits per heavy atom. The van der Waals surface area contributed by atoms with Gasteiger partial charge in [-0.2, -0.15) is 0 Å².